The molecule has 0 amide bonds. The fourth-order valence-corrected chi connectivity index (χ4v) is 2.16. The van der Waals surface area contributed by atoms with Crippen LogP contribution in [-0.2, 0) is 7.05 Å². The topological polar surface area (TPSA) is 79.1 Å². The van der Waals surface area contributed by atoms with Crippen LogP contribution < -0.4 is 10.5 Å². The summed E-state index contributed by atoms with van der Waals surface area (Å²) >= 11 is 0. The summed E-state index contributed by atoms with van der Waals surface area (Å²) in [4.78, 5) is 4.29. The molecule has 0 radical (unpaired) electrons. The van der Waals surface area contributed by atoms with E-state index in [2.05, 4.69) is 10.1 Å². The van der Waals surface area contributed by atoms with Crippen molar-refractivity contribution in [1.82, 2.24) is 14.7 Å². The molecule has 2 N–H and O–H groups in total. The van der Waals surface area contributed by atoms with Crippen LogP contribution in [0.3, 0.4) is 0 Å². The first-order valence-corrected chi connectivity index (χ1v) is 6.08. The molecule has 0 saturated carbocycles. The third-order valence-corrected chi connectivity index (χ3v) is 3.13. The maximum atomic E-state index is 5.93. The Morgan fingerprint density at radius 2 is 2.10 bits per heavy atom. The Balaban J connectivity index is 2.25. The number of aromatic nitrogens is 3. The fraction of sp³-hybridized carbons (Fsp3) is 0.143. The number of ether oxygens (including phenoxy) is 1. The van der Waals surface area contributed by atoms with E-state index < -0.39 is 0 Å². The lowest BCUT2D eigenvalue weighted by molar-refractivity contribution is 0.416. The van der Waals surface area contributed by atoms with E-state index in [4.69, 9.17) is 15.0 Å². The van der Waals surface area contributed by atoms with Crippen molar-refractivity contribution in [3.8, 4) is 28.4 Å². The quantitative estimate of drug-likeness (QED) is 0.790. The van der Waals surface area contributed by atoms with Gasteiger partial charge in [0, 0.05) is 25.0 Å². The van der Waals surface area contributed by atoms with Gasteiger partial charge in [-0.15, -0.1) is 0 Å². The summed E-state index contributed by atoms with van der Waals surface area (Å²) in [5.74, 6) is 1.64. The number of imidazole rings is 1. The van der Waals surface area contributed by atoms with Crippen molar-refractivity contribution in [3.63, 3.8) is 0 Å². The summed E-state index contributed by atoms with van der Waals surface area (Å²) in [6.07, 6.45) is 3.54. The smallest absolute Gasteiger partial charge is 0.230 e. The number of nitrogens with two attached hydrogens (primary N) is 1. The molecule has 1 aromatic carbocycles. The Morgan fingerprint density at radius 3 is 2.80 bits per heavy atom. The van der Waals surface area contributed by atoms with Gasteiger partial charge < -0.3 is 19.6 Å². The van der Waals surface area contributed by atoms with Crippen molar-refractivity contribution in [2.45, 2.75) is 0 Å². The maximum Gasteiger partial charge on any atom is 0.230 e. The first kappa shape index (κ1) is 12.3. The maximum absolute atomic E-state index is 5.93. The van der Waals surface area contributed by atoms with Gasteiger partial charge in [0.25, 0.3) is 0 Å². The summed E-state index contributed by atoms with van der Waals surface area (Å²) in [6, 6.07) is 7.58. The van der Waals surface area contributed by atoms with E-state index in [-0.39, 0.29) is 5.88 Å². The van der Waals surface area contributed by atoms with Crippen LogP contribution in [0.25, 0.3) is 22.6 Å². The van der Waals surface area contributed by atoms with E-state index in [0.717, 1.165) is 5.56 Å². The lowest BCUT2D eigenvalue weighted by Crippen LogP contribution is -1.95. The molecule has 0 aliphatic heterocycles. The van der Waals surface area contributed by atoms with Crippen LogP contribution >= 0.6 is 0 Å². The minimum Gasteiger partial charge on any atom is -0.496 e. The second kappa shape index (κ2) is 4.73. The molecule has 0 spiro atoms. The highest BCUT2D eigenvalue weighted by atomic mass is 16.5. The van der Waals surface area contributed by atoms with Crippen LogP contribution in [0.2, 0.25) is 0 Å². The van der Waals surface area contributed by atoms with Crippen LogP contribution in [0.5, 0.6) is 5.75 Å². The highest BCUT2D eigenvalue weighted by Gasteiger charge is 2.22. The number of nitrogen functional groups attached to an aromatic ring is 1. The number of anilines is 1. The zero-order valence-electron chi connectivity index (χ0n) is 11.2. The van der Waals surface area contributed by atoms with Gasteiger partial charge in [0.2, 0.25) is 5.88 Å². The molecule has 6 heteroatoms. The number of nitrogens with zero attached hydrogens (tertiary/aromatic N) is 3. The van der Waals surface area contributed by atoms with Crippen LogP contribution in [-0.4, -0.2) is 21.8 Å². The van der Waals surface area contributed by atoms with Crippen molar-refractivity contribution < 1.29 is 9.26 Å². The van der Waals surface area contributed by atoms with Gasteiger partial charge in [-0.1, -0.05) is 23.4 Å². The second-order valence-corrected chi connectivity index (χ2v) is 4.33. The standard InChI is InChI=1S/C14H14N4O2/c1-18-8-7-16-14(18)12-11(13(15)20-17-12)9-5-3-4-6-10(9)19-2/h3-8H,15H2,1-2H3. The van der Waals surface area contributed by atoms with Crippen LogP contribution in [0, 0.1) is 0 Å². The van der Waals surface area contributed by atoms with Gasteiger partial charge >= 0.3 is 0 Å². The number of aryl methyl sites for hydroxylation is 1. The van der Waals surface area contributed by atoms with Gasteiger partial charge in [0.05, 0.1) is 12.7 Å². The number of methoxy groups -OCH3 is 1. The highest BCUT2D eigenvalue weighted by molar-refractivity contribution is 5.87. The van der Waals surface area contributed by atoms with E-state index in [1.54, 1.807) is 13.3 Å². The molecule has 0 bridgehead atoms. The van der Waals surface area contributed by atoms with Gasteiger partial charge in [-0.2, -0.15) is 0 Å². The first-order valence-electron chi connectivity index (χ1n) is 6.08. The average molecular weight is 270 g/mol. The number of para-hydroxylation sites is 1. The largest absolute Gasteiger partial charge is 0.496 e. The summed E-state index contributed by atoms with van der Waals surface area (Å²) < 4.78 is 12.4. The molecule has 3 aromatic rings. The van der Waals surface area contributed by atoms with Crippen molar-refractivity contribution in [3.05, 3.63) is 36.7 Å². The first-order chi connectivity index (χ1) is 9.72. The van der Waals surface area contributed by atoms with E-state index >= 15 is 0 Å². The molecule has 0 unspecified atom stereocenters. The van der Waals surface area contributed by atoms with Crippen molar-refractivity contribution in [2.75, 3.05) is 12.8 Å². The molecule has 0 atom stereocenters. The lowest BCUT2D eigenvalue weighted by atomic mass is 10.0. The molecular formula is C14H14N4O2. The monoisotopic (exact) mass is 270 g/mol. The van der Waals surface area contributed by atoms with Crippen LogP contribution in [0.15, 0.2) is 41.2 Å². The van der Waals surface area contributed by atoms with Gasteiger partial charge in [-0.3, -0.25) is 0 Å². The van der Waals surface area contributed by atoms with E-state index in [9.17, 15) is 0 Å². The third-order valence-electron chi connectivity index (χ3n) is 3.13. The van der Waals surface area contributed by atoms with Crippen molar-refractivity contribution in [2.24, 2.45) is 7.05 Å². The lowest BCUT2D eigenvalue weighted by Gasteiger charge is -2.08. The Labute approximate surface area is 115 Å². The predicted octanol–water partition coefficient (Wildman–Crippen LogP) is 2.33. The summed E-state index contributed by atoms with van der Waals surface area (Å²) in [6.45, 7) is 0. The van der Waals surface area contributed by atoms with Crippen molar-refractivity contribution in [1.29, 1.82) is 0 Å². The predicted molar refractivity (Wildman–Crippen MR) is 75.1 cm³/mol. The summed E-state index contributed by atoms with van der Waals surface area (Å²) in [7, 11) is 3.50. The Kier molecular flexibility index (Phi) is 2.90. The molecule has 0 aliphatic carbocycles. The molecule has 0 aliphatic rings. The molecule has 2 aromatic heterocycles. The van der Waals surface area contributed by atoms with Crippen LogP contribution in [0.1, 0.15) is 0 Å². The summed E-state index contributed by atoms with van der Waals surface area (Å²) in [5.41, 5.74) is 8.05. The van der Waals surface area contributed by atoms with Gasteiger partial charge in [0.15, 0.2) is 11.5 Å². The van der Waals surface area contributed by atoms with Gasteiger partial charge in [-0.25, -0.2) is 4.98 Å². The SMILES string of the molecule is COc1ccccc1-c1c(-c2nccn2C)noc1N. The molecule has 20 heavy (non-hydrogen) atoms. The zero-order chi connectivity index (χ0) is 14.1. The van der Waals surface area contributed by atoms with E-state index in [1.165, 1.54) is 0 Å². The van der Waals surface area contributed by atoms with Crippen molar-refractivity contribution >= 4 is 5.88 Å². The average Bonchev–Trinajstić information content (AvgIpc) is 3.04. The Morgan fingerprint density at radius 1 is 1.30 bits per heavy atom. The van der Waals surface area contributed by atoms with Crippen LogP contribution in [0.4, 0.5) is 5.88 Å². The van der Waals surface area contributed by atoms with Gasteiger partial charge in [-0.05, 0) is 6.07 Å². The Bertz CT molecular complexity index is 745. The minimum absolute atomic E-state index is 0.243. The number of hydrogen-bond acceptors (Lipinski definition) is 5. The number of hydrogen-bond donors (Lipinski definition) is 1. The highest BCUT2D eigenvalue weighted by Crippen LogP contribution is 2.39. The number of benzene rings is 1. The normalized spacial score (nSPS) is 10.7. The van der Waals surface area contributed by atoms with Gasteiger partial charge in [0.1, 0.15) is 5.75 Å². The van der Waals surface area contributed by atoms with E-state index in [0.29, 0.717) is 22.8 Å². The molecular weight excluding hydrogens is 256 g/mol. The summed E-state index contributed by atoms with van der Waals surface area (Å²) in [5, 5.41) is 4.03. The third kappa shape index (κ3) is 1.82. The molecule has 0 saturated heterocycles. The second-order valence-electron chi connectivity index (χ2n) is 4.33. The molecule has 102 valence electrons. The zero-order valence-corrected chi connectivity index (χ0v) is 11.2. The molecule has 2 heterocycles. The fourth-order valence-electron chi connectivity index (χ4n) is 2.16. The van der Waals surface area contributed by atoms with E-state index in [1.807, 2.05) is 42.1 Å². The number of rotatable bonds is 3. The molecule has 6 nitrogen and oxygen atoms in total. The Hall–Kier alpha value is -2.76. The molecule has 3 rings (SSSR count). The minimum atomic E-state index is 0.243. The molecule has 0 fully saturated rings.